The highest BCUT2D eigenvalue weighted by molar-refractivity contribution is 8.18. The number of aliphatic imine (C=N–C) groups is 1. The monoisotopic (exact) mass is 421 g/mol. The number of anilines is 1. The van der Waals surface area contributed by atoms with Crippen molar-refractivity contribution in [2.24, 2.45) is 4.99 Å². The Hall–Kier alpha value is -2.73. The first-order chi connectivity index (χ1) is 14.5. The first-order valence-electron chi connectivity index (χ1n) is 10.3. The Morgan fingerprint density at radius 1 is 0.967 bits per heavy atom. The van der Waals surface area contributed by atoms with Gasteiger partial charge in [-0.3, -0.25) is 4.79 Å². The quantitative estimate of drug-likeness (QED) is 0.675. The average molecular weight is 422 g/mol. The second-order valence-corrected chi connectivity index (χ2v) is 8.81. The Labute approximate surface area is 182 Å². The van der Waals surface area contributed by atoms with E-state index >= 15 is 0 Å². The van der Waals surface area contributed by atoms with Crippen LogP contribution in [0.1, 0.15) is 30.9 Å². The van der Waals surface area contributed by atoms with E-state index in [0.29, 0.717) is 10.8 Å². The van der Waals surface area contributed by atoms with Crippen LogP contribution in [0.4, 0.5) is 5.69 Å². The van der Waals surface area contributed by atoms with Crippen molar-refractivity contribution in [2.75, 3.05) is 38.2 Å². The van der Waals surface area contributed by atoms with Gasteiger partial charge in [-0.15, -0.1) is 0 Å². The van der Waals surface area contributed by atoms with Crippen LogP contribution in [0.25, 0.3) is 6.08 Å². The molecule has 2 aromatic rings. The van der Waals surface area contributed by atoms with Crippen LogP contribution in [0.15, 0.2) is 58.4 Å². The number of ether oxygens (including phenoxy) is 1. The van der Waals surface area contributed by atoms with E-state index in [1.807, 2.05) is 18.2 Å². The molecule has 5 nitrogen and oxygen atoms in total. The summed E-state index contributed by atoms with van der Waals surface area (Å²) in [5.74, 6) is 1.23. The molecule has 30 heavy (non-hydrogen) atoms. The third-order valence-electron chi connectivity index (χ3n) is 5.50. The molecule has 4 rings (SSSR count). The van der Waals surface area contributed by atoms with E-state index in [9.17, 15) is 4.79 Å². The van der Waals surface area contributed by atoms with Gasteiger partial charge < -0.3 is 14.5 Å². The number of nitrogens with zero attached hydrogens (tertiary/aromatic N) is 3. The van der Waals surface area contributed by atoms with E-state index in [-0.39, 0.29) is 5.91 Å². The maximum atomic E-state index is 12.4. The van der Waals surface area contributed by atoms with Crippen LogP contribution >= 0.6 is 11.8 Å². The highest BCUT2D eigenvalue weighted by Crippen LogP contribution is 2.31. The van der Waals surface area contributed by atoms with Crippen molar-refractivity contribution in [2.45, 2.75) is 19.8 Å². The number of carbonyl (C=O) groups excluding carboxylic acids is 1. The third-order valence-corrected chi connectivity index (χ3v) is 6.54. The SMILES string of the molecule is COc1ccc(N2CCN(C3=NC(=O)/C(=C/c4ccc(C(C)C)cc4)S3)CC2)cc1. The number of piperazine rings is 1. The van der Waals surface area contributed by atoms with Gasteiger partial charge in [0.25, 0.3) is 5.91 Å². The van der Waals surface area contributed by atoms with Crippen LogP contribution in [-0.4, -0.2) is 49.3 Å². The summed E-state index contributed by atoms with van der Waals surface area (Å²) in [6.07, 6.45) is 1.95. The number of amidine groups is 1. The zero-order valence-corrected chi connectivity index (χ0v) is 18.5. The summed E-state index contributed by atoms with van der Waals surface area (Å²) >= 11 is 1.49. The minimum Gasteiger partial charge on any atom is -0.497 e. The van der Waals surface area contributed by atoms with Crippen molar-refractivity contribution in [1.82, 2.24) is 4.90 Å². The van der Waals surface area contributed by atoms with Gasteiger partial charge >= 0.3 is 0 Å². The minimum atomic E-state index is -0.138. The lowest BCUT2D eigenvalue weighted by molar-refractivity contribution is -0.113. The number of carbonyl (C=O) groups is 1. The molecule has 1 saturated heterocycles. The highest BCUT2D eigenvalue weighted by Gasteiger charge is 2.28. The van der Waals surface area contributed by atoms with Crippen LogP contribution in [-0.2, 0) is 4.79 Å². The van der Waals surface area contributed by atoms with Crippen molar-refractivity contribution in [1.29, 1.82) is 0 Å². The summed E-state index contributed by atoms with van der Waals surface area (Å²) in [6, 6.07) is 16.5. The molecule has 2 aliphatic rings. The van der Waals surface area contributed by atoms with Crippen LogP contribution in [0.5, 0.6) is 5.75 Å². The predicted octanol–water partition coefficient (Wildman–Crippen LogP) is 4.61. The lowest BCUT2D eigenvalue weighted by Gasteiger charge is -2.36. The molecule has 0 radical (unpaired) electrons. The number of thioether (sulfide) groups is 1. The fourth-order valence-corrected chi connectivity index (χ4v) is 4.58. The van der Waals surface area contributed by atoms with E-state index < -0.39 is 0 Å². The molecule has 156 valence electrons. The van der Waals surface area contributed by atoms with Gasteiger partial charge in [0.15, 0.2) is 5.17 Å². The lowest BCUT2D eigenvalue weighted by atomic mass is 10.0. The highest BCUT2D eigenvalue weighted by atomic mass is 32.2. The van der Waals surface area contributed by atoms with Gasteiger partial charge in [0.1, 0.15) is 5.75 Å². The topological polar surface area (TPSA) is 45.1 Å². The van der Waals surface area contributed by atoms with E-state index in [1.54, 1.807) is 7.11 Å². The standard InChI is InChI=1S/C24H27N3O2S/c1-17(2)19-6-4-18(5-7-19)16-22-23(28)25-24(30-22)27-14-12-26(13-15-27)20-8-10-21(29-3)11-9-20/h4-11,16-17H,12-15H2,1-3H3/b22-16-. The molecule has 0 aliphatic carbocycles. The number of amides is 1. The fraction of sp³-hybridized carbons (Fsp3) is 0.333. The predicted molar refractivity (Wildman–Crippen MR) is 125 cm³/mol. The Morgan fingerprint density at radius 3 is 2.20 bits per heavy atom. The minimum absolute atomic E-state index is 0.138. The Bertz CT molecular complexity index is 957. The molecule has 1 amide bonds. The van der Waals surface area contributed by atoms with Crippen molar-refractivity contribution in [3.8, 4) is 5.75 Å². The van der Waals surface area contributed by atoms with E-state index in [4.69, 9.17) is 4.74 Å². The molecule has 0 atom stereocenters. The molecule has 6 heteroatoms. The van der Waals surface area contributed by atoms with Gasteiger partial charge in [-0.05, 0) is 59.1 Å². The summed E-state index contributed by atoms with van der Waals surface area (Å²) in [7, 11) is 1.68. The molecule has 0 unspecified atom stereocenters. The number of benzene rings is 2. The number of rotatable bonds is 4. The average Bonchev–Trinajstić information content (AvgIpc) is 3.14. The molecular formula is C24H27N3O2S. The molecular weight excluding hydrogens is 394 g/mol. The molecule has 0 spiro atoms. The third kappa shape index (κ3) is 4.54. The van der Waals surface area contributed by atoms with Crippen LogP contribution in [0.2, 0.25) is 0 Å². The number of hydrogen-bond donors (Lipinski definition) is 0. The number of hydrogen-bond acceptors (Lipinski definition) is 5. The maximum absolute atomic E-state index is 12.4. The summed E-state index contributed by atoms with van der Waals surface area (Å²) < 4.78 is 5.24. The first kappa shape index (κ1) is 20.5. The molecule has 0 aromatic heterocycles. The van der Waals surface area contributed by atoms with Gasteiger partial charge in [-0.2, -0.15) is 4.99 Å². The summed E-state index contributed by atoms with van der Waals surface area (Å²) in [5, 5.41) is 0.819. The molecule has 0 saturated carbocycles. The largest absolute Gasteiger partial charge is 0.497 e. The maximum Gasteiger partial charge on any atom is 0.286 e. The Balaban J connectivity index is 1.36. The van der Waals surface area contributed by atoms with Crippen LogP contribution in [0, 0.1) is 0 Å². The molecule has 2 heterocycles. The molecule has 0 N–H and O–H groups in total. The zero-order valence-electron chi connectivity index (χ0n) is 17.7. The second kappa shape index (κ2) is 8.96. The van der Waals surface area contributed by atoms with Crippen molar-refractivity contribution in [3.05, 3.63) is 64.6 Å². The van der Waals surface area contributed by atoms with Crippen molar-refractivity contribution >= 4 is 34.6 Å². The van der Waals surface area contributed by atoms with E-state index in [2.05, 4.69) is 65.0 Å². The smallest absolute Gasteiger partial charge is 0.286 e. The first-order valence-corrected chi connectivity index (χ1v) is 11.1. The zero-order chi connectivity index (χ0) is 21.1. The van der Waals surface area contributed by atoms with Gasteiger partial charge in [-0.25, -0.2) is 0 Å². The van der Waals surface area contributed by atoms with Gasteiger partial charge in [-0.1, -0.05) is 38.1 Å². The van der Waals surface area contributed by atoms with Crippen molar-refractivity contribution in [3.63, 3.8) is 0 Å². The Morgan fingerprint density at radius 2 is 1.60 bits per heavy atom. The van der Waals surface area contributed by atoms with Gasteiger partial charge in [0.05, 0.1) is 12.0 Å². The van der Waals surface area contributed by atoms with E-state index in [1.165, 1.54) is 23.0 Å². The van der Waals surface area contributed by atoms with Crippen LogP contribution in [0.3, 0.4) is 0 Å². The van der Waals surface area contributed by atoms with Crippen LogP contribution < -0.4 is 9.64 Å². The number of methoxy groups -OCH3 is 1. The van der Waals surface area contributed by atoms with E-state index in [0.717, 1.165) is 42.7 Å². The van der Waals surface area contributed by atoms with Gasteiger partial charge in [0, 0.05) is 31.9 Å². The molecule has 2 aromatic carbocycles. The molecule has 2 aliphatic heterocycles. The second-order valence-electron chi connectivity index (χ2n) is 7.80. The lowest BCUT2D eigenvalue weighted by Crippen LogP contribution is -2.47. The summed E-state index contributed by atoms with van der Waals surface area (Å²) in [6.45, 7) is 7.85. The van der Waals surface area contributed by atoms with Crippen molar-refractivity contribution < 1.29 is 9.53 Å². The normalized spacial score (nSPS) is 18.3. The summed E-state index contributed by atoms with van der Waals surface area (Å²) in [4.78, 5) is 22.0. The fourth-order valence-electron chi connectivity index (χ4n) is 3.61. The van der Waals surface area contributed by atoms with Gasteiger partial charge in [0.2, 0.25) is 0 Å². The molecule has 1 fully saturated rings. The Kier molecular flexibility index (Phi) is 6.13. The molecule has 0 bridgehead atoms. The summed E-state index contributed by atoms with van der Waals surface area (Å²) in [5.41, 5.74) is 3.53.